The van der Waals surface area contributed by atoms with Crippen LogP contribution in [0.15, 0.2) is 48.8 Å². The van der Waals surface area contributed by atoms with Crippen molar-refractivity contribution in [1.29, 1.82) is 0 Å². The van der Waals surface area contributed by atoms with Gasteiger partial charge in [0.05, 0.1) is 5.56 Å². The standard InChI is InChI=1S/C28H31F3N4O2/c1-27(2,3)33-26(37)35-14-12-21-20(18-6-5-7-19(16-18)28(29,30)31)8-9-22(23(21)17-35)24(36)10-11-25-32-13-15-34(25)4/h5-9,13,15-16H,10-12,14,17H2,1-4H3,(H,33,37). The van der Waals surface area contributed by atoms with Gasteiger partial charge in [0.15, 0.2) is 5.78 Å². The van der Waals surface area contributed by atoms with Crippen molar-refractivity contribution in [3.05, 3.63) is 76.9 Å². The molecule has 2 heterocycles. The summed E-state index contributed by atoms with van der Waals surface area (Å²) in [6.07, 6.45) is 0.154. The maximum absolute atomic E-state index is 13.4. The average Bonchev–Trinajstić information content (AvgIpc) is 3.24. The number of halogens is 3. The molecule has 37 heavy (non-hydrogen) atoms. The van der Waals surface area contributed by atoms with E-state index in [9.17, 15) is 22.8 Å². The van der Waals surface area contributed by atoms with Crippen LogP contribution in [0.5, 0.6) is 0 Å². The first-order valence-corrected chi connectivity index (χ1v) is 12.2. The topological polar surface area (TPSA) is 67.2 Å². The van der Waals surface area contributed by atoms with E-state index < -0.39 is 17.3 Å². The van der Waals surface area contributed by atoms with Crippen LogP contribution in [0, 0.1) is 0 Å². The Labute approximate surface area is 214 Å². The molecule has 9 heteroatoms. The number of aryl methyl sites for hydroxylation is 2. The number of hydrogen-bond donors (Lipinski definition) is 1. The van der Waals surface area contributed by atoms with E-state index in [1.165, 1.54) is 6.07 Å². The number of benzene rings is 2. The van der Waals surface area contributed by atoms with E-state index in [4.69, 9.17) is 0 Å². The maximum atomic E-state index is 13.4. The predicted molar refractivity (Wildman–Crippen MR) is 135 cm³/mol. The van der Waals surface area contributed by atoms with Gasteiger partial charge in [-0.25, -0.2) is 9.78 Å². The highest BCUT2D eigenvalue weighted by Crippen LogP contribution is 2.36. The number of carbonyl (C=O) groups excluding carboxylic acids is 2. The van der Waals surface area contributed by atoms with Gasteiger partial charge in [-0.15, -0.1) is 0 Å². The van der Waals surface area contributed by atoms with Gasteiger partial charge in [-0.05, 0) is 61.6 Å². The van der Waals surface area contributed by atoms with Crippen molar-refractivity contribution in [2.24, 2.45) is 7.05 Å². The molecule has 0 fully saturated rings. The minimum atomic E-state index is -4.46. The van der Waals surface area contributed by atoms with Gasteiger partial charge in [0.2, 0.25) is 0 Å². The highest BCUT2D eigenvalue weighted by molar-refractivity contribution is 5.99. The number of carbonyl (C=O) groups is 2. The van der Waals surface area contributed by atoms with Crippen LogP contribution in [0.4, 0.5) is 18.0 Å². The number of amides is 2. The third-order valence-electron chi connectivity index (χ3n) is 6.48. The summed E-state index contributed by atoms with van der Waals surface area (Å²) in [5.41, 5.74) is 1.92. The number of nitrogens with one attached hydrogen (secondary N) is 1. The SMILES string of the molecule is Cn1ccnc1CCC(=O)c1ccc(-c2cccc(C(F)(F)F)c2)c2c1CN(C(=O)NC(C)(C)C)CC2. The molecule has 0 saturated heterocycles. The fourth-order valence-corrected chi connectivity index (χ4v) is 4.64. The number of aromatic nitrogens is 2. The molecule has 3 aromatic rings. The van der Waals surface area contributed by atoms with Crippen molar-refractivity contribution in [3.63, 3.8) is 0 Å². The predicted octanol–water partition coefficient (Wildman–Crippen LogP) is 5.79. The van der Waals surface area contributed by atoms with Gasteiger partial charge in [0.25, 0.3) is 0 Å². The molecule has 0 saturated carbocycles. The van der Waals surface area contributed by atoms with Crippen LogP contribution >= 0.6 is 0 Å². The molecule has 2 amide bonds. The van der Waals surface area contributed by atoms with Crippen LogP contribution in [-0.4, -0.2) is 38.3 Å². The van der Waals surface area contributed by atoms with E-state index in [0.29, 0.717) is 41.6 Å². The lowest BCUT2D eigenvalue weighted by molar-refractivity contribution is -0.137. The number of fused-ring (bicyclic) bond motifs is 1. The fourth-order valence-electron chi connectivity index (χ4n) is 4.64. The Morgan fingerprint density at radius 2 is 1.84 bits per heavy atom. The van der Waals surface area contributed by atoms with Gasteiger partial charge in [0.1, 0.15) is 5.82 Å². The van der Waals surface area contributed by atoms with E-state index in [1.807, 2.05) is 38.6 Å². The summed E-state index contributed by atoms with van der Waals surface area (Å²) in [5.74, 6) is 0.696. The maximum Gasteiger partial charge on any atom is 0.416 e. The van der Waals surface area contributed by atoms with Crippen LogP contribution in [0.1, 0.15) is 60.1 Å². The molecule has 0 spiro atoms. The Morgan fingerprint density at radius 3 is 2.49 bits per heavy atom. The zero-order valence-corrected chi connectivity index (χ0v) is 21.4. The number of urea groups is 1. The lowest BCUT2D eigenvalue weighted by Crippen LogP contribution is -2.50. The van der Waals surface area contributed by atoms with E-state index in [1.54, 1.807) is 29.3 Å². The minimum absolute atomic E-state index is 0.0899. The van der Waals surface area contributed by atoms with Crippen molar-refractivity contribution in [1.82, 2.24) is 19.8 Å². The molecule has 196 valence electrons. The number of nitrogens with zero attached hydrogens (tertiary/aromatic N) is 3. The first-order chi connectivity index (χ1) is 17.3. The van der Waals surface area contributed by atoms with Gasteiger partial charge in [0, 0.05) is 56.5 Å². The summed E-state index contributed by atoms with van der Waals surface area (Å²) >= 11 is 0. The Morgan fingerprint density at radius 1 is 1.08 bits per heavy atom. The molecule has 0 bridgehead atoms. The Balaban J connectivity index is 1.72. The summed E-state index contributed by atoms with van der Waals surface area (Å²) in [4.78, 5) is 32.2. The number of Topliss-reactive ketones (excluding diaryl/α,β-unsaturated/α-hetero) is 1. The lowest BCUT2D eigenvalue weighted by atomic mass is 9.85. The summed E-state index contributed by atoms with van der Waals surface area (Å²) in [5, 5.41) is 2.95. The molecule has 1 aromatic heterocycles. The number of alkyl halides is 3. The molecule has 6 nitrogen and oxygen atoms in total. The Kier molecular flexibility index (Phi) is 7.17. The van der Waals surface area contributed by atoms with Crippen LogP contribution in [0.3, 0.4) is 0 Å². The molecule has 4 rings (SSSR count). The number of ketones is 1. The van der Waals surface area contributed by atoms with Gasteiger partial charge in [-0.2, -0.15) is 13.2 Å². The zero-order valence-electron chi connectivity index (χ0n) is 21.4. The Hall–Kier alpha value is -3.62. The summed E-state index contributed by atoms with van der Waals surface area (Å²) < 4.78 is 42.0. The summed E-state index contributed by atoms with van der Waals surface area (Å²) in [6.45, 7) is 6.27. The molecule has 1 aliphatic rings. The van der Waals surface area contributed by atoms with Crippen LogP contribution < -0.4 is 5.32 Å². The molecule has 0 unspecified atom stereocenters. The van der Waals surface area contributed by atoms with Gasteiger partial charge >= 0.3 is 12.2 Å². The van der Waals surface area contributed by atoms with Crippen molar-refractivity contribution in [2.75, 3.05) is 6.54 Å². The first kappa shape index (κ1) is 26.4. The third kappa shape index (κ3) is 6.03. The zero-order chi connectivity index (χ0) is 27.0. The number of hydrogen-bond acceptors (Lipinski definition) is 3. The molecule has 1 aliphatic heterocycles. The van der Waals surface area contributed by atoms with Crippen LogP contribution in [0.2, 0.25) is 0 Å². The summed E-state index contributed by atoms with van der Waals surface area (Å²) in [6, 6.07) is 8.39. The number of imidazole rings is 1. The lowest BCUT2D eigenvalue weighted by Gasteiger charge is -2.34. The van der Waals surface area contributed by atoms with Gasteiger partial charge in [-0.3, -0.25) is 4.79 Å². The minimum Gasteiger partial charge on any atom is -0.338 e. The summed E-state index contributed by atoms with van der Waals surface area (Å²) in [7, 11) is 1.87. The monoisotopic (exact) mass is 512 g/mol. The van der Waals surface area contributed by atoms with Crippen LogP contribution in [-0.2, 0) is 32.6 Å². The third-order valence-corrected chi connectivity index (χ3v) is 6.48. The van der Waals surface area contributed by atoms with Crippen molar-refractivity contribution < 1.29 is 22.8 Å². The fraction of sp³-hybridized carbons (Fsp3) is 0.393. The van der Waals surface area contributed by atoms with Crippen molar-refractivity contribution >= 4 is 11.8 Å². The smallest absolute Gasteiger partial charge is 0.338 e. The van der Waals surface area contributed by atoms with E-state index in [-0.39, 0.29) is 24.8 Å². The highest BCUT2D eigenvalue weighted by atomic mass is 19.4. The van der Waals surface area contributed by atoms with E-state index >= 15 is 0 Å². The first-order valence-electron chi connectivity index (χ1n) is 12.2. The quantitative estimate of drug-likeness (QED) is 0.440. The molecule has 1 N–H and O–H groups in total. The van der Waals surface area contributed by atoms with Gasteiger partial charge < -0.3 is 14.8 Å². The largest absolute Gasteiger partial charge is 0.416 e. The molecule has 0 aliphatic carbocycles. The molecule has 0 radical (unpaired) electrons. The Bertz CT molecular complexity index is 1320. The molecular weight excluding hydrogens is 481 g/mol. The molecule has 2 aromatic carbocycles. The molecule has 0 atom stereocenters. The molecular formula is C28H31F3N4O2. The second kappa shape index (κ2) is 10.0. The van der Waals surface area contributed by atoms with E-state index in [2.05, 4.69) is 10.3 Å². The second-order valence-electron chi connectivity index (χ2n) is 10.4. The number of rotatable bonds is 5. The van der Waals surface area contributed by atoms with E-state index in [0.717, 1.165) is 23.5 Å². The highest BCUT2D eigenvalue weighted by Gasteiger charge is 2.32. The normalized spacial score (nSPS) is 13.9. The van der Waals surface area contributed by atoms with Crippen molar-refractivity contribution in [2.45, 2.75) is 58.3 Å². The average molecular weight is 513 g/mol. The van der Waals surface area contributed by atoms with Crippen LogP contribution in [0.25, 0.3) is 11.1 Å². The van der Waals surface area contributed by atoms with Crippen molar-refractivity contribution in [3.8, 4) is 11.1 Å². The van der Waals surface area contributed by atoms with Gasteiger partial charge in [-0.1, -0.05) is 24.3 Å². The second-order valence-corrected chi connectivity index (χ2v) is 10.4.